The third kappa shape index (κ3) is 5.33. The molecule has 1 aliphatic rings. The summed E-state index contributed by atoms with van der Waals surface area (Å²) >= 11 is 0. The van der Waals surface area contributed by atoms with Crippen molar-refractivity contribution in [3.8, 4) is 5.75 Å². The Morgan fingerprint density at radius 1 is 0.914 bits per heavy atom. The number of methoxy groups -OCH3 is 1. The molecule has 3 aromatic rings. The number of sulfonamides is 1. The molecule has 1 heterocycles. The maximum absolute atomic E-state index is 14.4. The fourth-order valence-electron chi connectivity index (χ4n) is 3.79. The first-order valence-corrected chi connectivity index (χ1v) is 12.4. The SMILES string of the molecule is COc1cccc(NC(=O)c2ccccc2NC(=O)c2ccc(F)c(S(=O)(=O)N3CCCC3)c2)c1. The molecule has 0 aliphatic carbocycles. The van der Waals surface area contributed by atoms with Crippen LogP contribution in [0.25, 0.3) is 0 Å². The summed E-state index contributed by atoms with van der Waals surface area (Å²) in [6, 6.07) is 16.4. The second-order valence-electron chi connectivity index (χ2n) is 7.94. The zero-order chi connectivity index (χ0) is 25.0. The molecule has 1 aliphatic heterocycles. The minimum absolute atomic E-state index is 0.0489. The second kappa shape index (κ2) is 10.2. The summed E-state index contributed by atoms with van der Waals surface area (Å²) in [6.45, 7) is 0.627. The van der Waals surface area contributed by atoms with Crippen LogP contribution < -0.4 is 15.4 Å². The van der Waals surface area contributed by atoms with Gasteiger partial charge in [-0.1, -0.05) is 18.2 Å². The minimum atomic E-state index is -4.06. The summed E-state index contributed by atoms with van der Waals surface area (Å²) in [5.74, 6) is -1.50. The van der Waals surface area contributed by atoms with E-state index < -0.39 is 32.6 Å². The van der Waals surface area contributed by atoms with Crippen molar-refractivity contribution < 1.29 is 27.1 Å². The van der Waals surface area contributed by atoms with Gasteiger partial charge in [-0.05, 0) is 55.3 Å². The number of carbonyl (C=O) groups excluding carboxylic acids is 2. The maximum atomic E-state index is 14.4. The van der Waals surface area contributed by atoms with E-state index in [-0.39, 0.29) is 16.8 Å². The van der Waals surface area contributed by atoms with Crippen molar-refractivity contribution in [2.24, 2.45) is 0 Å². The van der Waals surface area contributed by atoms with Crippen LogP contribution in [0, 0.1) is 5.82 Å². The lowest BCUT2D eigenvalue weighted by Crippen LogP contribution is -2.29. The molecule has 8 nitrogen and oxygen atoms in total. The number of carbonyl (C=O) groups is 2. The van der Waals surface area contributed by atoms with Gasteiger partial charge in [-0.2, -0.15) is 4.31 Å². The molecule has 0 spiro atoms. The highest BCUT2D eigenvalue weighted by molar-refractivity contribution is 7.89. The summed E-state index contributed by atoms with van der Waals surface area (Å²) in [6.07, 6.45) is 1.41. The van der Waals surface area contributed by atoms with Crippen LogP contribution in [0.15, 0.2) is 71.6 Å². The fraction of sp³-hybridized carbons (Fsp3) is 0.200. The maximum Gasteiger partial charge on any atom is 0.257 e. The summed E-state index contributed by atoms with van der Waals surface area (Å²) < 4.78 is 46.5. The molecule has 2 N–H and O–H groups in total. The van der Waals surface area contributed by atoms with E-state index in [0.717, 1.165) is 12.1 Å². The zero-order valence-corrected chi connectivity index (χ0v) is 19.8. The van der Waals surface area contributed by atoms with Crippen LogP contribution >= 0.6 is 0 Å². The first kappa shape index (κ1) is 24.4. The number of halogens is 1. The molecule has 0 unspecified atom stereocenters. The van der Waals surface area contributed by atoms with Crippen molar-refractivity contribution in [2.45, 2.75) is 17.7 Å². The smallest absolute Gasteiger partial charge is 0.257 e. The lowest BCUT2D eigenvalue weighted by atomic mass is 10.1. The topological polar surface area (TPSA) is 105 Å². The molecule has 0 radical (unpaired) electrons. The highest BCUT2D eigenvalue weighted by Crippen LogP contribution is 2.25. The van der Waals surface area contributed by atoms with Crippen LogP contribution in [0.3, 0.4) is 0 Å². The van der Waals surface area contributed by atoms with Crippen molar-refractivity contribution in [3.05, 3.63) is 83.7 Å². The lowest BCUT2D eigenvalue weighted by Gasteiger charge is -2.17. The van der Waals surface area contributed by atoms with Gasteiger partial charge >= 0.3 is 0 Å². The van der Waals surface area contributed by atoms with Crippen LogP contribution in [0.1, 0.15) is 33.6 Å². The molecule has 1 fully saturated rings. The van der Waals surface area contributed by atoms with E-state index in [2.05, 4.69) is 10.6 Å². The van der Waals surface area contributed by atoms with Gasteiger partial charge < -0.3 is 15.4 Å². The highest BCUT2D eigenvalue weighted by Gasteiger charge is 2.30. The molecule has 4 rings (SSSR count). The molecular weight excluding hydrogens is 473 g/mol. The van der Waals surface area contributed by atoms with Crippen molar-refractivity contribution in [3.63, 3.8) is 0 Å². The van der Waals surface area contributed by atoms with Gasteiger partial charge in [0, 0.05) is 30.4 Å². The van der Waals surface area contributed by atoms with Crippen molar-refractivity contribution >= 4 is 33.2 Å². The van der Waals surface area contributed by atoms with Crippen LogP contribution in [-0.2, 0) is 10.0 Å². The molecule has 0 saturated carbocycles. The number of ether oxygens (including phenoxy) is 1. The van der Waals surface area contributed by atoms with Crippen molar-refractivity contribution in [1.82, 2.24) is 4.31 Å². The van der Waals surface area contributed by atoms with E-state index in [1.54, 1.807) is 48.5 Å². The van der Waals surface area contributed by atoms with E-state index in [1.165, 1.54) is 17.5 Å². The van der Waals surface area contributed by atoms with E-state index in [9.17, 15) is 22.4 Å². The van der Waals surface area contributed by atoms with E-state index in [1.807, 2.05) is 0 Å². The number of benzene rings is 3. The zero-order valence-electron chi connectivity index (χ0n) is 19.0. The van der Waals surface area contributed by atoms with Crippen LogP contribution in [0.5, 0.6) is 5.75 Å². The Balaban J connectivity index is 1.57. The first-order chi connectivity index (χ1) is 16.8. The fourth-order valence-corrected chi connectivity index (χ4v) is 5.40. The Labute approximate surface area is 202 Å². The number of anilines is 2. The van der Waals surface area contributed by atoms with Crippen LogP contribution in [-0.4, -0.2) is 44.7 Å². The van der Waals surface area contributed by atoms with Crippen LogP contribution in [0.2, 0.25) is 0 Å². The largest absolute Gasteiger partial charge is 0.497 e. The van der Waals surface area contributed by atoms with Gasteiger partial charge in [0.15, 0.2) is 0 Å². The third-order valence-electron chi connectivity index (χ3n) is 5.62. The predicted octanol–water partition coefficient (Wildman–Crippen LogP) is 4.12. The Kier molecular flexibility index (Phi) is 7.13. The average Bonchev–Trinajstić information content (AvgIpc) is 3.41. The average molecular weight is 498 g/mol. The molecule has 0 aromatic heterocycles. The number of para-hydroxylation sites is 1. The van der Waals surface area contributed by atoms with Crippen molar-refractivity contribution in [1.29, 1.82) is 0 Å². The second-order valence-corrected chi connectivity index (χ2v) is 9.85. The summed E-state index contributed by atoms with van der Waals surface area (Å²) in [5.41, 5.74) is 0.861. The number of amides is 2. The Bertz CT molecular complexity index is 1370. The first-order valence-electron chi connectivity index (χ1n) is 10.9. The molecule has 3 aromatic carbocycles. The number of nitrogens with zero attached hydrogens (tertiary/aromatic N) is 1. The lowest BCUT2D eigenvalue weighted by molar-refractivity contribution is 0.102. The van der Waals surface area contributed by atoms with E-state index in [0.29, 0.717) is 37.4 Å². The summed E-state index contributed by atoms with van der Waals surface area (Å²) in [7, 11) is -2.54. The minimum Gasteiger partial charge on any atom is -0.497 e. The number of hydrogen-bond acceptors (Lipinski definition) is 5. The molecule has 1 saturated heterocycles. The predicted molar refractivity (Wildman–Crippen MR) is 130 cm³/mol. The van der Waals surface area contributed by atoms with Gasteiger partial charge in [-0.3, -0.25) is 9.59 Å². The summed E-state index contributed by atoms with van der Waals surface area (Å²) in [4.78, 5) is 25.3. The van der Waals surface area contributed by atoms with Crippen LogP contribution in [0.4, 0.5) is 15.8 Å². The molecular formula is C25H24FN3O5S. The Morgan fingerprint density at radius 3 is 2.40 bits per heavy atom. The van der Waals surface area contributed by atoms with E-state index in [4.69, 9.17) is 4.74 Å². The van der Waals surface area contributed by atoms with Gasteiger partial charge in [0.2, 0.25) is 10.0 Å². The quantitative estimate of drug-likeness (QED) is 0.511. The normalized spacial score (nSPS) is 13.9. The molecule has 10 heteroatoms. The van der Waals surface area contributed by atoms with Gasteiger partial charge in [-0.15, -0.1) is 0 Å². The molecule has 182 valence electrons. The molecule has 2 amide bonds. The van der Waals surface area contributed by atoms with Gasteiger partial charge in [0.25, 0.3) is 11.8 Å². The van der Waals surface area contributed by atoms with Gasteiger partial charge in [0.1, 0.15) is 16.5 Å². The number of rotatable bonds is 7. The van der Waals surface area contributed by atoms with Gasteiger partial charge in [-0.25, -0.2) is 12.8 Å². The van der Waals surface area contributed by atoms with Gasteiger partial charge in [0.05, 0.1) is 18.4 Å². The number of hydrogen-bond donors (Lipinski definition) is 2. The number of nitrogens with one attached hydrogen (secondary N) is 2. The standard InChI is InChI=1S/C25H24FN3O5S/c1-34-19-8-6-7-18(16-19)27-25(31)20-9-2-3-10-22(20)28-24(30)17-11-12-21(26)23(15-17)35(32,33)29-13-4-5-14-29/h2-3,6-12,15-16H,4-5,13-14H2,1H3,(H,27,31)(H,28,30). The molecule has 0 atom stereocenters. The summed E-state index contributed by atoms with van der Waals surface area (Å²) in [5, 5.41) is 5.38. The monoisotopic (exact) mass is 497 g/mol. The molecule has 35 heavy (non-hydrogen) atoms. The van der Waals surface area contributed by atoms with Crippen molar-refractivity contribution in [2.75, 3.05) is 30.8 Å². The van der Waals surface area contributed by atoms with E-state index >= 15 is 0 Å². The molecule has 0 bridgehead atoms. The Hall–Kier alpha value is -3.76. The Morgan fingerprint density at radius 2 is 1.66 bits per heavy atom. The third-order valence-corrected chi connectivity index (χ3v) is 7.54. The highest BCUT2D eigenvalue weighted by atomic mass is 32.2.